The van der Waals surface area contributed by atoms with Crippen molar-refractivity contribution in [2.75, 3.05) is 6.54 Å². The molecule has 0 aromatic carbocycles. The van der Waals surface area contributed by atoms with Crippen molar-refractivity contribution in [2.45, 2.75) is 52.4 Å². The van der Waals surface area contributed by atoms with E-state index >= 15 is 0 Å². The molecule has 0 aliphatic rings. The van der Waals surface area contributed by atoms with Gasteiger partial charge in [0.15, 0.2) is 0 Å². The Bertz CT molecular complexity index is 110. The van der Waals surface area contributed by atoms with Crippen LogP contribution in [-0.4, -0.2) is 28.0 Å². The number of rotatable bonds is 7. The molecule has 4 heteroatoms. The summed E-state index contributed by atoms with van der Waals surface area (Å²) in [6.45, 7) is 8.92. The fourth-order valence-electron chi connectivity index (χ4n) is 1.06. The molecule has 0 atom stereocenters. The van der Waals surface area contributed by atoms with Gasteiger partial charge < -0.3 is 14.6 Å². The molecule has 0 amide bonds. The highest BCUT2D eigenvalue weighted by atomic mass is 28.3. The van der Waals surface area contributed by atoms with E-state index in [0.717, 1.165) is 19.0 Å². The third-order valence-corrected chi connectivity index (χ3v) is 4.07. The van der Waals surface area contributed by atoms with Crippen LogP contribution in [0.15, 0.2) is 0 Å². The molecule has 0 saturated carbocycles. The number of nitrogens with two attached hydrogens (primary N) is 1. The van der Waals surface area contributed by atoms with E-state index in [9.17, 15) is 0 Å². The van der Waals surface area contributed by atoms with Crippen molar-refractivity contribution in [1.82, 2.24) is 0 Å². The maximum Gasteiger partial charge on any atom is 0.321 e. The van der Waals surface area contributed by atoms with Crippen molar-refractivity contribution >= 4 is 9.28 Å². The predicted molar refractivity (Wildman–Crippen MR) is 58.1 cm³/mol. The summed E-state index contributed by atoms with van der Waals surface area (Å²) < 4.78 is 11.4. The summed E-state index contributed by atoms with van der Waals surface area (Å²) in [5.41, 5.74) is 5.45. The topological polar surface area (TPSA) is 44.5 Å². The van der Waals surface area contributed by atoms with E-state index in [1.165, 1.54) is 0 Å². The van der Waals surface area contributed by atoms with Gasteiger partial charge in [0.1, 0.15) is 0 Å². The minimum absolute atomic E-state index is 0.271. The molecule has 0 fully saturated rings. The van der Waals surface area contributed by atoms with E-state index in [4.69, 9.17) is 14.6 Å². The zero-order valence-electron chi connectivity index (χ0n) is 9.25. The molecule has 0 rings (SSSR count). The quantitative estimate of drug-likeness (QED) is 0.639. The molecular formula is C9H23NO2Si. The molecular weight excluding hydrogens is 182 g/mol. The van der Waals surface area contributed by atoms with E-state index in [1.54, 1.807) is 0 Å². The lowest BCUT2D eigenvalue weighted by Crippen LogP contribution is -2.29. The van der Waals surface area contributed by atoms with Gasteiger partial charge in [0.2, 0.25) is 0 Å². The van der Waals surface area contributed by atoms with Gasteiger partial charge in [0.05, 0.1) is 0 Å². The van der Waals surface area contributed by atoms with Crippen molar-refractivity contribution < 1.29 is 8.85 Å². The standard InChI is InChI=1S/C9H23NO2Si/c1-8(2)11-13(7-5-6-10)12-9(3)4/h8-9,13H,5-7,10H2,1-4H3. The summed E-state index contributed by atoms with van der Waals surface area (Å²) >= 11 is 0. The summed E-state index contributed by atoms with van der Waals surface area (Å²) in [5.74, 6) is 0. The van der Waals surface area contributed by atoms with Crippen LogP contribution in [0, 0.1) is 0 Å². The van der Waals surface area contributed by atoms with Crippen LogP contribution in [-0.2, 0) is 8.85 Å². The fourth-order valence-corrected chi connectivity index (χ4v) is 3.18. The second kappa shape index (κ2) is 7.50. The van der Waals surface area contributed by atoms with E-state index in [-0.39, 0.29) is 12.2 Å². The Morgan fingerprint density at radius 2 is 1.54 bits per heavy atom. The highest BCUT2D eigenvalue weighted by molar-refractivity contribution is 6.44. The Labute approximate surface area is 83.5 Å². The maximum atomic E-state index is 5.72. The zero-order chi connectivity index (χ0) is 10.3. The predicted octanol–water partition coefficient (Wildman–Crippen LogP) is 1.41. The monoisotopic (exact) mass is 205 g/mol. The van der Waals surface area contributed by atoms with Gasteiger partial charge in [-0.1, -0.05) is 0 Å². The third kappa shape index (κ3) is 8.43. The van der Waals surface area contributed by atoms with Crippen LogP contribution in [0.3, 0.4) is 0 Å². The normalized spacial score (nSPS) is 12.0. The van der Waals surface area contributed by atoms with Gasteiger partial charge in [0, 0.05) is 12.2 Å². The molecule has 0 spiro atoms. The third-order valence-electron chi connectivity index (χ3n) is 1.49. The Kier molecular flexibility index (Phi) is 7.55. The average Bonchev–Trinajstić information content (AvgIpc) is 1.98. The lowest BCUT2D eigenvalue weighted by Gasteiger charge is -2.21. The molecule has 0 aliphatic heterocycles. The van der Waals surface area contributed by atoms with Crippen LogP contribution < -0.4 is 5.73 Å². The first-order valence-electron chi connectivity index (χ1n) is 5.07. The van der Waals surface area contributed by atoms with Gasteiger partial charge in [-0.05, 0) is 46.7 Å². The van der Waals surface area contributed by atoms with Crippen molar-refractivity contribution in [3.63, 3.8) is 0 Å². The smallest absolute Gasteiger partial charge is 0.321 e. The Morgan fingerprint density at radius 3 is 1.85 bits per heavy atom. The van der Waals surface area contributed by atoms with Crippen LogP contribution in [0.4, 0.5) is 0 Å². The fraction of sp³-hybridized carbons (Fsp3) is 1.00. The molecule has 0 heterocycles. The summed E-state index contributed by atoms with van der Waals surface area (Å²) in [5, 5.41) is 0. The number of hydrogen-bond acceptors (Lipinski definition) is 3. The molecule has 2 N–H and O–H groups in total. The Morgan fingerprint density at radius 1 is 1.08 bits per heavy atom. The summed E-state index contributed by atoms with van der Waals surface area (Å²) in [6.07, 6.45) is 1.55. The maximum absolute atomic E-state index is 5.72. The SMILES string of the molecule is CC(C)O[SiH](CCCN)OC(C)C. The van der Waals surface area contributed by atoms with Gasteiger partial charge in [-0.3, -0.25) is 0 Å². The van der Waals surface area contributed by atoms with E-state index in [2.05, 4.69) is 0 Å². The average molecular weight is 205 g/mol. The minimum atomic E-state index is -1.45. The van der Waals surface area contributed by atoms with Crippen molar-refractivity contribution in [3.05, 3.63) is 0 Å². The van der Waals surface area contributed by atoms with Crippen LogP contribution >= 0.6 is 0 Å². The molecule has 0 aromatic rings. The molecule has 0 unspecified atom stereocenters. The highest BCUT2D eigenvalue weighted by Crippen LogP contribution is 2.06. The van der Waals surface area contributed by atoms with Crippen molar-refractivity contribution in [2.24, 2.45) is 5.73 Å². The molecule has 13 heavy (non-hydrogen) atoms. The van der Waals surface area contributed by atoms with E-state index in [1.807, 2.05) is 27.7 Å². The molecule has 0 bridgehead atoms. The van der Waals surface area contributed by atoms with Gasteiger partial charge in [-0.15, -0.1) is 0 Å². The first-order valence-corrected chi connectivity index (χ1v) is 6.83. The van der Waals surface area contributed by atoms with Crippen LogP contribution in [0.5, 0.6) is 0 Å². The van der Waals surface area contributed by atoms with Crippen LogP contribution in [0.1, 0.15) is 34.1 Å². The minimum Gasteiger partial charge on any atom is -0.394 e. The van der Waals surface area contributed by atoms with Crippen LogP contribution in [0.2, 0.25) is 6.04 Å². The lowest BCUT2D eigenvalue weighted by molar-refractivity contribution is 0.129. The zero-order valence-corrected chi connectivity index (χ0v) is 10.4. The van der Waals surface area contributed by atoms with E-state index < -0.39 is 9.28 Å². The number of hydrogen-bond donors (Lipinski definition) is 1. The molecule has 0 radical (unpaired) electrons. The van der Waals surface area contributed by atoms with Crippen molar-refractivity contribution in [1.29, 1.82) is 0 Å². The van der Waals surface area contributed by atoms with Crippen molar-refractivity contribution in [3.8, 4) is 0 Å². The van der Waals surface area contributed by atoms with Gasteiger partial charge >= 0.3 is 9.28 Å². The Hall–Kier alpha value is 0.0969. The molecule has 80 valence electrons. The Balaban J connectivity index is 3.73. The first kappa shape index (κ1) is 13.1. The van der Waals surface area contributed by atoms with E-state index in [0.29, 0.717) is 0 Å². The lowest BCUT2D eigenvalue weighted by atomic mass is 10.5. The summed E-state index contributed by atoms with van der Waals surface area (Å²) in [7, 11) is -1.45. The second-order valence-electron chi connectivity index (χ2n) is 3.73. The highest BCUT2D eigenvalue weighted by Gasteiger charge is 2.15. The largest absolute Gasteiger partial charge is 0.394 e. The van der Waals surface area contributed by atoms with Crippen LogP contribution in [0.25, 0.3) is 0 Å². The van der Waals surface area contributed by atoms with Gasteiger partial charge in [0.25, 0.3) is 0 Å². The summed E-state index contributed by atoms with van der Waals surface area (Å²) in [4.78, 5) is 0. The first-order chi connectivity index (χ1) is 6.06. The molecule has 0 aliphatic carbocycles. The molecule has 0 aromatic heterocycles. The van der Waals surface area contributed by atoms with Gasteiger partial charge in [-0.2, -0.15) is 0 Å². The molecule has 3 nitrogen and oxygen atoms in total. The summed E-state index contributed by atoms with van der Waals surface area (Å²) in [6, 6.07) is 1.02. The second-order valence-corrected chi connectivity index (χ2v) is 5.71. The molecule has 0 saturated heterocycles. The van der Waals surface area contributed by atoms with Gasteiger partial charge in [-0.25, -0.2) is 0 Å².